The van der Waals surface area contributed by atoms with Gasteiger partial charge in [0.05, 0.1) is 0 Å². The molecular weight excluding hydrogens is 86.1 g/mol. The number of nitrogens with zero attached hydrogens (tertiary/aromatic N) is 2. The van der Waals surface area contributed by atoms with Crippen LogP contribution in [0.2, 0.25) is 0 Å². The zero-order valence-corrected chi connectivity index (χ0v) is 3.27. The third kappa shape index (κ3) is 3.49. The van der Waals surface area contributed by atoms with Crippen LogP contribution in [-0.2, 0) is 0 Å². The van der Waals surface area contributed by atoms with Gasteiger partial charge in [-0.1, -0.05) is 17.4 Å². The molecule has 0 saturated carbocycles. The fraction of sp³-hybridized carbons (Fsp3) is 0. The van der Waals surface area contributed by atoms with Gasteiger partial charge in [0.15, 0.2) is 0 Å². The third-order valence-electron chi connectivity index (χ3n) is 0.114. The van der Waals surface area contributed by atoms with Crippen LogP contribution in [-0.4, -0.2) is 5.49 Å². The van der Waals surface area contributed by atoms with Gasteiger partial charge in [0.25, 0.3) is 0 Å². The van der Waals surface area contributed by atoms with Crippen LogP contribution in [0, 0.1) is 0 Å². The topological polar surface area (TPSA) is 50.7 Å². The molecule has 0 aromatic heterocycles. The Hall–Kier alpha value is -0.510. The first-order valence-corrected chi connectivity index (χ1v) is 1.42. The highest BCUT2D eigenvalue weighted by Crippen LogP contribution is 1.53. The Labute approximate surface area is 34.9 Å². The molecule has 0 aliphatic rings. The molecule has 0 aliphatic heterocycles. The molecule has 0 fully saturated rings. The summed E-state index contributed by atoms with van der Waals surface area (Å²) in [5.74, 6) is 4.50. The minimum Gasteiger partial charge on any atom is -0.305 e. The smallest absolute Gasteiger partial charge is 0.114 e. The van der Waals surface area contributed by atoms with Crippen molar-refractivity contribution in [2.24, 2.45) is 16.2 Å². The number of hydrogen-bond acceptors (Lipinski definition) is 2. The Morgan fingerprint density at radius 3 is 2.40 bits per heavy atom. The molecule has 0 aromatic carbocycles. The normalized spacial score (nSPS) is 8.80. The first-order chi connectivity index (χ1) is 2.41. The van der Waals surface area contributed by atoms with Crippen molar-refractivity contribution >= 4 is 17.7 Å². The number of hydrogen-bond donors (Lipinski definition) is 1. The van der Waals surface area contributed by atoms with Crippen LogP contribution in [0.15, 0.2) is 10.3 Å². The van der Waals surface area contributed by atoms with Crippen molar-refractivity contribution in [1.82, 2.24) is 0 Å². The summed E-state index contributed by atoms with van der Waals surface area (Å²) in [6.07, 6.45) is 0. The highest BCUT2D eigenvalue weighted by molar-refractivity contribution is 7.78. The Morgan fingerprint density at radius 1 is 1.80 bits per heavy atom. The first kappa shape index (κ1) is 4.49. The first-order valence-electron chi connectivity index (χ1n) is 0.952. The van der Waals surface area contributed by atoms with Gasteiger partial charge in [0.1, 0.15) is 5.49 Å². The van der Waals surface area contributed by atoms with E-state index in [1.54, 1.807) is 0 Å². The lowest BCUT2D eigenvalue weighted by molar-refractivity contribution is 1.10. The van der Waals surface area contributed by atoms with E-state index in [9.17, 15) is 0 Å². The summed E-state index contributed by atoms with van der Waals surface area (Å²) < 4.78 is 0. The molecule has 0 amide bonds. The summed E-state index contributed by atoms with van der Waals surface area (Å²) in [7, 11) is 0. The van der Waals surface area contributed by atoms with E-state index in [2.05, 4.69) is 28.4 Å². The van der Waals surface area contributed by atoms with E-state index in [0.29, 0.717) is 0 Å². The molecule has 0 aliphatic carbocycles. The second-order valence-corrected chi connectivity index (χ2v) is 0.547. The second kappa shape index (κ2) is 3.49. The maximum absolute atomic E-state index is 4.50. The molecule has 0 rings (SSSR count). The van der Waals surface area contributed by atoms with E-state index in [4.69, 9.17) is 0 Å². The van der Waals surface area contributed by atoms with Crippen molar-refractivity contribution in [2.45, 2.75) is 0 Å². The number of rotatable bonds is 1. The molecule has 0 saturated heterocycles. The molecule has 2 N–H and O–H groups in total. The van der Waals surface area contributed by atoms with E-state index in [-0.39, 0.29) is 0 Å². The van der Waals surface area contributed by atoms with Gasteiger partial charge in [-0.2, -0.15) is 0 Å². The van der Waals surface area contributed by atoms with Gasteiger partial charge in [-0.25, -0.2) is 0 Å². The molecule has 0 atom stereocenters. The van der Waals surface area contributed by atoms with E-state index < -0.39 is 0 Å². The molecule has 0 unspecified atom stereocenters. The Bertz CT molecular complexity index is 48.9. The zero-order chi connectivity index (χ0) is 4.12. The van der Waals surface area contributed by atoms with E-state index >= 15 is 0 Å². The lowest BCUT2D eigenvalue weighted by Crippen LogP contribution is -1.71. The molecule has 0 radical (unpaired) electrons. The second-order valence-electron chi connectivity index (χ2n) is 0.336. The summed E-state index contributed by atoms with van der Waals surface area (Å²) in [6, 6.07) is 0. The van der Waals surface area contributed by atoms with Crippen LogP contribution in [0.4, 0.5) is 0 Å². The van der Waals surface area contributed by atoms with Crippen molar-refractivity contribution in [1.29, 1.82) is 0 Å². The van der Waals surface area contributed by atoms with E-state index in [1.165, 1.54) is 0 Å². The molecule has 28 valence electrons. The van der Waals surface area contributed by atoms with Crippen LogP contribution in [0.1, 0.15) is 0 Å². The van der Waals surface area contributed by atoms with Crippen molar-refractivity contribution in [3.05, 3.63) is 0 Å². The van der Waals surface area contributed by atoms with Crippen molar-refractivity contribution < 1.29 is 0 Å². The zero-order valence-electron chi connectivity index (χ0n) is 2.46. The SMILES string of the molecule is NN=NC=S. The van der Waals surface area contributed by atoms with Crippen LogP contribution < -0.4 is 5.84 Å². The standard InChI is InChI=1S/CH3N3S/c2-4-3-1-5/h1H,(H2,2,3,5). The molecule has 0 spiro atoms. The molecular formula is CH3N3S. The summed E-state index contributed by atoms with van der Waals surface area (Å²) in [6.45, 7) is 0. The molecule has 4 heteroatoms. The molecule has 5 heavy (non-hydrogen) atoms. The fourth-order valence-electron chi connectivity index (χ4n) is 0.0272. The summed E-state index contributed by atoms with van der Waals surface area (Å²) in [4.78, 5) is 0. The monoisotopic (exact) mass is 89.0 g/mol. The summed E-state index contributed by atoms with van der Waals surface area (Å²) in [5, 5.41) is 5.88. The third-order valence-corrected chi connectivity index (χ3v) is 0.208. The predicted octanol–water partition coefficient (Wildman–Crippen LogP) is 0.270. The largest absolute Gasteiger partial charge is 0.305 e. The number of nitrogens with two attached hydrogens (primary N) is 1. The highest BCUT2D eigenvalue weighted by Gasteiger charge is 1.43. The molecule has 3 nitrogen and oxygen atoms in total. The lowest BCUT2D eigenvalue weighted by atomic mass is 11.5. The summed E-state index contributed by atoms with van der Waals surface area (Å²) in [5.41, 5.74) is 1.10. The van der Waals surface area contributed by atoms with Gasteiger partial charge in [-0.3, -0.25) is 0 Å². The molecule has 0 aromatic rings. The lowest BCUT2D eigenvalue weighted by Gasteiger charge is -1.57. The minimum absolute atomic E-state index is 1.10. The average Bonchev–Trinajstić information content (AvgIpc) is 1.41. The van der Waals surface area contributed by atoms with E-state index in [1.807, 2.05) is 0 Å². The van der Waals surface area contributed by atoms with Crippen LogP contribution in [0.5, 0.6) is 0 Å². The average molecular weight is 89.1 g/mol. The predicted molar refractivity (Wildman–Crippen MR) is 22.7 cm³/mol. The van der Waals surface area contributed by atoms with Crippen molar-refractivity contribution in [3.63, 3.8) is 0 Å². The van der Waals surface area contributed by atoms with Gasteiger partial charge in [0.2, 0.25) is 0 Å². The molecule has 0 heterocycles. The minimum atomic E-state index is 1.10. The highest BCUT2D eigenvalue weighted by atomic mass is 32.1. The maximum atomic E-state index is 4.50. The van der Waals surface area contributed by atoms with Gasteiger partial charge >= 0.3 is 0 Å². The van der Waals surface area contributed by atoms with Crippen molar-refractivity contribution in [2.75, 3.05) is 0 Å². The fourth-order valence-corrected chi connectivity index (χ4v) is 0.0816. The maximum Gasteiger partial charge on any atom is 0.114 e. The van der Waals surface area contributed by atoms with Gasteiger partial charge in [-0.15, -0.1) is 5.11 Å². The summed E-state index contributed by atoms with van der Waals surface area (Å²) >= 11 is 4.19. The van der Waals surface area contributed by atoms with Crippen molar-refractivity contribution in [3.8, 4) is 0 Å². The van der Waals surface area contributed by atoms with Crippen LogP contribution in [0.25, 0.3) is 0 Å². The van der Waals surface area contributed by atoms with Gasteiger partial charge in [-0.05, 0) is 0 Å². The number of thiocarbonyl (C=S) groups is 1. The van der Waals surface area contributed by atoms with Crippen LogP contribution >= 0.6 is 12.2 Å². The van der Waals surface area contributed by atoms with E-state index in [0.717, 1.165) is 5.49 Å². The Balaban J connectivity index is 2.92. The Morgan fingerprint density at radius 2 is 2.40 bits per heavy atom. The van der Waals surface area contributed by atoms with Gasteiger partial charge < -0.3 is 5.84 Å². The Kier molecular flexibility index (Phi) is 3.13. The van der Waals surface area contributed by atoms with Gasteiger partial charge in [0, 0.05) is 0 Å². The molecule has 0 bridgehead atoms. The quantitative estimate of drug-likeness (QED) is 0.217. The van der Waals surface area contributed by atoms with Crippen LogP contribution in [0.3, 0.4) is 0 Å².